The Kier molecular flexibility index (Phi) is 6.39. The molecule has 2 aromatic rings. The number of aromatic nitrogens is 3. The van der Waals surface area contributed by atoms with Crippen molar-refractivity contribution in [2.45, 2.75) is 25.6 Å². The Balaban J connectivity index is 1.42. The smallest absolute Gasteiger partial charge is 0.340 e. The Bertz CT molecular complexity index is 744. The summed E-state index contributed by atoms with van der Waals surface area (Å²) >= 11 is 0. The third kappa shape index (κ3) is 5.71. The van der Waals surface area contributed by atoms with Crippen LogP contribution >= 0.6 is 0 Å². The van der Waals surface area contributed by atoms with Gasteiger partial charge in [0.05, 0.1) is 12.6 Å². The van der Waals surface area contributed by atoms with E-state index >= 15 is 0 Å². The normalized spacial score (nSPS) is 18.2. The van der Waals surface area contributed by atoms with E-state index in [0.29, 0.717) is 19.0 Å². The first-order valence-electron chi connectivity index (χ1n) is 8.72. The van der Waals surface area contributed by atoms with Gasteiger partial charge in [-0.1, -0.05) is 30.3 Å². The highest BCUT2D eigenvalue weighted by Crippen LogP contribution is 2.10. The highest BCUT2D eigenvalue weighted by molar-refractivity contribution is 5.73. The highest BCUT2D eigenvalue weighted by atomic mass is 16.5. The van der Waals surface area contributed by atoms with Gasteiger partial charge in [-0.15, -0.1) is 0 Å². The number of nitrogens with zero attached hydrogens (tertiary/aromatic N) is 2. The minimum atomic E-state index is -0.396. The van der Waals surface area contributed by atoms with E-state index in [1.807, 2.05) is 18.2 Å². The van der Waals surface area contributed by atoms with Gasteiger partial charge in [-0.3, -0.25) is 9.88 Å². The molecule has 1 aliphatic heterocycles. The zero-order chi connectivity index (χ0) is 18.2. The zero-order valence-corrected chi connectivity index (χ0v) is 14.5. The van der Waals surface area contributed by atoms with Crippen LogP contribution in [0.4, 0.5) is 4.79 Å². The van der Waals surface area contributed by atoms with Crippen LogP contribution < -0.4 is 16.3 Å². The minimum absolute atomic E-state index is 0.0582. The minimum Gasteiger partial charge on any atom is -0.375 e. The van der Waals surface area contributed by atoms with E-state index < -0.39 is 5.69 Å². The summed E-state index contributed by atoms with van der Waals surface area (Å²) in [6.07, 6.45) is 0.916. The van der Waals surface area contributed by atoms with Crippen LogP contribution in [-0.4, -0.2) is 58.5 Å². The number of H-pyrrole nitrogens is 2. The molecule has 2 amide bonds. The molecular formula is C17H24N6O3. The molecule has 9 heteroatoms. The van der Waals surface area contributed by atoms with Crippen LogP contribution in [0.3, 0.4) is 0 Å². The van der Waals surface area contributed by atoms with Crippen molar-refractivity contribution >= 4 is 6.03 Å². The van der Waals surface area contributed by atoms with Crippen LogP contribution in [0.1, 0.15) is 17.8 Å². The molecule has 0 unspecified atom stereocenters. The summed E-state index contributed by atoms with van der Waals surface area (Å²) in [7, 11) is 0. The van der Waals surface area contributed by atoms with Gasteiger partial charge in [-0.25, -0.2) is 14.7 Å². The van der Waals surface area contributed by atoms with E-state index in [4.69, 9.17) is 4.74 Å². The number of carbonyl (C=O) groups excluding carboxylic acids is 1. The predicted octanol–water partition coefficient (Wildman–Crippen LogP) is 0.188. The largest absolute Gasteiger partial charge is 0.375 e. The predicted molar refractivity (Wildman–Crippen MR) is 95.5 cm³/mol. The Hall–Kier alpha value is -2.65. The van der Waals surface area contributed by atoms with Gasteiger partial charge in [-0.05, 0) is 12.0 Å². The van der Waals surface area contributed by atoms with Crippen LogP contribution in [0.25, 0.3) is 0 Å². The molecule has 9 nitrogen and oxygen atoms in total. The van der Waals surface area contributed by atoms with Crippen LogP contribution in [0.2, 0.25) is 0 Å². The third-order valence-electron chi connectivity index (χ3n) is 4.14. The molecule has 3 rings (SSSR count). The second kappa shape index (κ2) is 9.16. The number of ether oxygens (including phenoxy) is 1. The molecule has 140 valence electrons. The summed E-state index contributed by atoms with van der Waals surface area (Å²) in [4.78, 5) is 27.7. The quantitative estimate of drug-likeness (QED) is 0.587. The van der Waals surface area contributed by atoms with E-state index in [0.717, 1.165) is 26.1 Å². The average Bonchev–Trinajstić information content (AvgIpc) is 2.93. The van der Waals surface area contributed by atoms with Crippen molar-refractivity contribution in [2.24, 2.45) is 0 Å². The fourth-order valence-corrected chi connectivity index (χ4v) is 2.90. The lowest BCUT2D eigenvalue weighted by molar-refractivity contribution is 0.0550. The highest BCUT2D eigenvalue weighted by Gasteiger charge is 2.19. The molecule has 26 heavy (non-hydrogen) atoms. The Morgan fingerprint density at radius 1 is 1.31 bits per heavy atom. The number of nitrogens with one attached hydrogen (secondary N) is 4. The third-order valence-corrected chi connectivity index (χ3v) is 4.14. The SMILES string of the molecule is O=C(NCc1n[nH]c(=O)[nH]1)NC[C@@H]1CN(Cc2ccccc2)CCCO1. The molecule has 1 saturated heterocycles. The van der Waals surface area contributed by atoms with Crippen molar-refractivity contribution in [3.05, 3.63) is 52.2 Å². The van der Waals surface area contributed by atoms with E-state index in [2.05, 4.69) is 42.8 Å². The molecule has 1 fully saturated rings. The maximum Gasteiger partial charge on any atom is 0.340 e. The molecule has 1 aliphatic rings. The lowest BCUT2D eigenvalue weighted by Gasteiger charge is -2.24. The maximum atomic E-state index is 11.9. The summed E-state index contributed by atoms with van der Waals surface area (Å²) in [5, 5.41) is 11.4. The topological polar surface area (TPSA) is 115 Å². The number of amides is 2. The second-order valence-electron chi connectivity index (χ2n) is 6.26. The summed E-state index contributed by atoms with van der Waals surface area (Å²) in [5.74, 6) is 0.380. The van der Waals surface area contributed by atoms with Crippen molar-refractivity contribution < 1.29 is 9.53 Å². The zero-order valence-electron chi connectivity index (χ0n) is 14.5. The number of hydrogen-bond donors (Lipinski definition) is 4. The molecule has 0 saturated carbocycles. The summed E-state index contributed by atoms with van der Waals surface area (Å²) in [5.41, 5.74) is 0.874. The fourth-order valence-electron chi connectivity index (χ4n) is 2.90. The Morgan fingerprint density at radius 3 is 2.92 bits per heavy atom. The van der Waals surface area contributed by atoms with Gasteiger partial charge in [0.15, 0.2) is 0 Å². The summed E-state index contributed by atoms with van der Waals surface area (Å²) < 4.78 is 5.84. The van der Waals surface area contributed by atoms with Crippen molar-refractivity contribution in [2.75, 3.05) is 26.2 Å². The number of carbonyl (C=O) groups is 1. The van der Waals surface area contributed by atoms with Crippen LogP contribution in [0.15, 0.2) is 35.1 Å². The van der Waals surface area contributed by atoms with Crippen LogP contribution in [0, 0.1) is 0 Å². The molecule has 0 spiro atoms. The first kappa shape index (κ1) is 18.2. The maximum absolute atomic E-state index is 11.9. The van der Waals surface area contributed by atoms with E-state index in [1.54, 1.807) is 0 Å². The lowest BCUT2D eigenvalue weighted by atomic mass is 10.2. The first-order valence-corrected chi connectivity index (χ1v) is 8.72. The Morgan fingerprint density at radius 2 is 2.15 bits per heavy atom. The number of benzene rings is 1. The van der Waals surface area contributed by atoms with E-state index in [9.17, 15) is 9.59 Å². The Labute approximate surface area is 151 Å². The molecule has 0 bridgehead atoms. The monoisotopic (exact) mass is 360 g/mol. The van der Waals surface area contributed by atoms with Gasteiger partial charge in [0, 0.05) is 32.8 Å². The molecule has 4 N–H and O–H groups in total. The molecule has 1 atom stereocenters. The number of rotatable bonds is 6. The van der Waals surface area contributed by atoms with E-state index in [-0.39, 0.29) is 18.7 Å². The summed E-state index contributed by atoms with van der Waals surface area (Å²) in [6, 6.07) is 10.0. The van der Waals surface area contributed by atoms with Crippen molar-refractivity contribution in [1.29, 1.82) is 0 Å². The molecule has 0 aliphatic carbocycles. The first-order chi connectivity index (χ1) is 12.7. The van der Waals surface area contributed by atoms with Crippen molar-refractivity contribution in [3.63, 3.8) is 0 Å². The number of urea groups is 1. The summed E-state index contributed by atoms with van der Waals surface area (Å²) in [6.45, 7) is 3.88. The molecular weight excluding hydrogens is 336 g/mol. The average molecular weight is 360 g/mol. The number of hydrogen-bond acceptors (Lipinski definition) is 5. The van der Waals surface area contributed by atoms with Gasteiger partial charge in [0.1, 0.15) is 5.82 Å². The lowest BCUT2D eigenvalue weighted by Crippen LogP contribution is -2.43. The van der Waals surface area contributed by atoms with Crippen LogP contribution in [0.5, 0.6) is 0 Å². The van der Waals surface area contributed by atoms with Gasteiger partial charge in [0.2, 0.25) is 0 Å². The van der Waals surface area contributed by atoms with Gasteiger partial charge in [0.25, 0.3) is 0 Å². The van der Waals surface area contributed by atoms with Crippen molar-refractivity contribution in [1.82, 2.24) is 30.7 Å². The van der Waals surface area contributed by atoms with Gasteiger partial charge >= 0.3 is 11.7 Å². The van der Waals surface area contributed by atoms with Gasteiger partial charge < -0.3 is 15.4 Å². The van der Waals surface area contributed by atoms with Gasteiger partial charge in [-0.2, -0.15) is 5.10 Å². The standard InChI is InChI=1S/C17H24N6O3/c24-16(19-10-15-20-17(25)22-21-15)18-9-14-12-23(7-4-8-26-14)11-13-5-2-1-3-6-13/h1-3,5-6,14H,4,7-12H2,(H2,18,19,24)(H2,20,21,22,25)/t14-/m1/s1. The molecule has 2 heterocycles. The second-order valence-corrected chi connectivity index (χ2v) is 6.26. The number of aromatic amines is 2. The molecule has 1 aromatic heterocycles. The molecule has 0 radical (unpaired) electrons. The van der Waals surface area contributed by atoms with Crippen LogP contribution in [-0.2, 0) is 17.8 Å². The van der Waals surface area contributed by atoms with E-state index in [1.165, 1.54) is 5.56 Å². The molecule has 1 aromatic carbocycles. The van der Waals surface area contributed by atoms with Crippen molar-refractivity contribution in [3.8, 4) is 0 Å². The fraction of sp³-hybridized carbons (Fsp3) is 0.471.